The Morgan fingerprint density at radius 1 is 0.468 bits per heavy atom. The van der Waals surface area contributed by atoms with E-state index in [1.54, 1.807) is 23.5 Å². The molecule has 62 heavy (non-hydrogen) atoms. The number of rotatable bonds is 33. The molecule has 366 valence electrons. The number of thioether (sulfide) groups is 2. The van der Waals surface area contributed by atoms with Crippen LogP contribution in [-0.2, 0) is 75.8 Å². The Hall–Kier alpha value is 0.0600. The Morgan fingerprint density at radius 3 is 1.05 bits per heavy atom. The van der Waals surface area contributed by atoms with Crippen molar-refractivity contribution in [2.75, 3.05) is 70.1 Å². The topological polar surface area (TPSA) is 148 Å². The minimum Gasteiger partial charge on any atom is -0.352 e. The first-order valence-electron chi connectivity index (χ1n) is 23.4. The largest absolute Gasteiger partial charge is 0.352 e. The molecular weight excluding hydrogens is 849 g/mol. The van der Waals surface area contributed by atoms with Crippen LogP contribution in [-0.4, -0.2) is 148 Å². The van der Waals surface area contributed by atoms with Crippen LogP contribution in [0.15, 0.2) is 0 Å². The lowest BCUT2D eigenvalue weighted by atomic mass is 10.2. The molecule has 0 aliphatic carbocycles. The molecule has 4 fully saturated rings. The van der Waals surface area contributed by atoms with Crippen molar-refractivity contribution in [2.24, 2.45) is 0 Å². The fraction of sp³-hybridized carbons (Fsp3) is 1.00. The summed E-state index contributed by atoms with van der Waals surface area (Å²) in [6.45, 7) is 27.1. The van der Waals surface area contributed by atoms with Crippen LogP contribution in [0.1, 0.15) is 134 Å². The van der Waals surface area contributed by atoms with Crippen molar-refractivity contribution in [3.63, 3.8) is 0 Å². The van der Waals surface area contributed by atoms with Gasteiger partial charge in [-0.2, -0.15) is 11.8 Å². The van der Waals surface area contributed by atoms with Crippen molar-refractivity contribution in [3.8, 4) is 0 Å². The minimum atomic E-state index is -1.17. The van der Waals surface area contributed by atoms with Gasteiger partial charge in [-0.1, -0.05) is 55.4 Å². The van der Waals surface area contributed by atoms with Crippen molar-refractivity contribution in [1.29, 1.82) is 0 Å². The first kappa shape index (κ1) is 54.7. The summed E-state index contributed by atoms with van der Waals surface area (Å²) in [6.07, 6.45) is 2.01. The zero-order valence-corrected chi connectivity index (χ0v) is 41.5. The monoisotopic (exact) mass is 931 g/mol. The van der Waals surface area contributed by atoms with E-state index in [4.69, 9.17) is 75.8 Å². The molecule has 0 N–H and O–H groups in total. The highest BCUT2D eigenvalue weighted by molar-refractivity contribution is 8.04. The van der Waals surface area contributed by atoms with Crippen LogP contribution in [0.2, 0.25) is 0 Å². The van der Waals surface area contributed by atoms with Gasteiger partial charge in [0.15, 0.2) is 25.2 Å². The highest BCUT2D eigenvalue weighted by Gasteiger charge is 2.46. The van der Waals surface area contributed by atoms with Gasteiger partial charge in [-0.15, -0.1) is 11.8 Å². The van der Waals surface area contributed by atoms with E-state index in [2.05, 4.69) is 0 Å². The summed E-state index contributed by atoms with van der Waals surface area (Å²) >= 11 is 3.46. The van der Waals surface area contributed by atoms with Gasteiger partial charge in [0.25, 0.3) is 23.9 Å². The summed E-state index contributed by atoms with van der Waals surface area (Å²) in [7, 11) is 0. The second kappa shape index (κ2) is 26.6. The Bertz CT molecular complexity index is 1200. The molecule has 0 radical (unpaired) electrons. The zero-order valence-electron chi connectivity index (χ0n) is 39.9. The fourth-order valence-corrected chi connectivity index (χ4v) is 9.61. The van der Waals surface area contributed by atoms with E-state index < -0.39 is 53.8 Å². The third-order valence-electron chi connectivity index (χ3n) is 10.7. The molecule has 0 bridgehead atoms. The molecule has 4 aliphatic heterocycles. The smallest absolute Gasteiger partial charge is 0.285 e. The van der Waals surface area contributed by atoms with E-state index in [1.165, 1.54) is 0 Å². The van der Waals surface area contributed by atoms with Crippen LogP contribution in [0.5, 0.6) is 0 Å². The maximum atomic E-state index is 6.72. The van der Waals surface area contributed by atoms with E-state index in [-0.39, 0.29) is 37.6 Å². The standard InChI is InChI=1S/C44H82O16S2/c1-13-36(57-41(17-5)49-25-32(9)53-41)45-21-23-61-31-40(29-47-38(15-3)59-43(19-7)51-27-34(11)55-43,30-48-39(16-4)60-44(20-8)52-28-35(12)56-44)62-24-22-46-37(14-2)58-42(18-6)50-26-33(10)54-42/h32-39H,13-31H2,1-12H3. The van der Waals surface area contributed by atoms with Gasteiger partial charge in [0.2, 0.25) is 0 Å². The highest BCUT2D eigenvalue weighted by atomic mass is 32.2. The molecule has 12 unspecified atom stereocenters. The fourth-order valence-electron chi connectivity index (χ4n) is 7.21. The van der Waals surface area contributed by atoms with Crippen LogP contribution in [0.3, 0.4) is 0 Å². The van der Waals surface area contributed by atoms with Crippen molar-refractivity contribution in [3.05, 3.63) is 0 Å². The van der Waals surface area contributed by atoms with Gasteiger partial charge in [0.1, 0.15) is 0 Å². The number of ether oxygens (including phenoxy) is 16. The van der Waals surface area contributed by atoms with Gasteiger partial charge in [0.05, 0.1) is 82.0 Å². The van der Waals surface area contributed by atoms with Gasteiger partial charge in [-0.05, 0) is 53.4 Å². The first-order valence-corrected chi connectivity index (χ1v) is 25.5. The lowest BCUT2D eigenvalue weighted by Gasteiger charge is -2.38. The third kappa shape index (κ3) is 16.4. The van der Waals surface area contributed by atoms with Gasteiger partial charge in [0, 0.05) is 42.9 Å². The predicted molar refractivity (Wildman–Crippen MR) is 235 cm³/mol. The molecular formula is C44H82O16S2. The second-order valence-electron chi connectivity index (χ2n) is 16.4. The highest BCUT2D eigenvalue weighted by Crippen LogP contribution is 2.37. The van der Waals surface area contributed by atoms with E-state index in [1.807, 2.05) is 83.1 Å². The van der Waals surface area contributed by atoms with Crippen molar-refractivity contribution >= 4 is 23.5 Å². The Balaban J connectivity index is 1.51. The van der Waals surface area contributed by atoms with E-state index >= 15 is 0 Å². The van der Waals surface area contributed by atoms with Crippen LogP contribution < -0.4 is 0 Å². The van der Waals surface area contributed by atoms with Crippen LogP contribution in [0, 0.1) is 0 Å². The molecule has 4 aliphatic rings. The number of hydrogen-bond acceptors (Lipinski definition) is 18. The molecule has 0 spiro atoms. The summed E-state index contributed by atoms with van der Waals surface area (Å²) < 4.78 is 99.1. The summed E-state index contributed by atoms with van der Waals surface area (Å²) in [5, 5.41) is 0. The van der Waals surface area contributed by atoms with E-state index in [9.17, 15) is 0 Å². The van der Waals surface area contributed by atoms with Gasteiger partial charge in [-0.3, -0.25) is 18.9 Å². The summed E-state index contributed by atoms with van der Waals surface area (Å²) in [4.78, 5) is 0. The van der Waals surface area contributed by atoms with Crippen LogP contribution >= 0.6 is 23.5 Å². The zero-order chi connectivity index (χ0) is 45.3. The lowest BCUT2D eigenvalue weighted by Crippen LogP contribution is -2.46. The van der Waals surface area contributed by atoms with E-state index in [0.717, 1.165) is 0 Å². The summed E-state index contributed by atoms with van der Waals surface area (Å²) in [5.41, 5.74) is 0. The van der Waals surface area contributed by atoms with E-state index in [0.29, 0.717) is 108 Å². The quantitative estimate of drug-likeness (QED) is 0.0459. The molecule has 0 aromatic carbocycles. The predicted octanol–water partition coefficient (Wildman–Crippen LogP) is 8.27. The minimum absolute atomic E-state index is 0.0463. The molecule has 0 aromatic rings. The second-order valence-corrected chi connectivity index (χ2v) is 19.0. The van der Waals surface area contributed by atoms with Crippen molar-refractivity contribution in [2.45, 2.75) is 213 Å². The molecule has 0 aromatic heterocycles. The van der Waals surface area contributed by atoms with Gasteiger partial charge < -0.3 is 56.8 Å². The van der Waals surface area contributed by atoms with Crippen molar-refractivity contribution < 1.29 is 75.8 Å². The Labute approximate surface area is 380 Å². The maximum absolute atomic E-state index is 6.72. The molecule has 0 amide bonds. The lowest BCUT2D eigenvalue weighted by molar-refractivity contribution is -0.389. The molecule has 16 nitrogen and oxygen atoms in total. The third-order valence-corrected chi connectivity index (χ3v) is 13.5. The molecule has 0 saturated carbocycles. The summed E-state index contributed by atoms with van der Waals surface area (Å²) in [5.74, 6) is -2.63. The molecule has 12 atom stereocenters. The molecule has 4 saturated heterocycles. The average molecular weight is 931 g/mol. The van der Waals surface area contributed by atoms with Crippen molar-refractivity contribution in [1.82, 2.24) is 0 Å². The van der Waals surface area contributed by atoms with Gasteiger partial charge >= 0.3 is 0 Å². The molecule has 4 heterocycles. The Morgan fingerprint density at radius 2 is 0.774 bits per heavy atom. The summed E-state index contributed by atoms with van der Waals surface area (Å²) in [6, 6.07) is 0. The van der Waals surface area contributed by atoms with Crippen LogP contribution in [0.4, 0.5) is 0 Å². The Kier molecular flexibility index (Phi) is 23.4. The molecule has 4 rings (SSSR count). The normalized spacial score (nSPS) is 34.5. The SMILES string of the molecule is CCC(OCCSCC(COC(CC)OC1(CC)OCC(C)O1)(COC(CC)OC1(CC)OCC(C)O1)SCCOC(CC)OC1(CC)OCC(C)O1)OC1(CC)OCC(C)O1. The average Bonchev–Trinajstić information content (AvgIpc) is 4.06. The first-order chi connectivity index (χ1) is 29.7. The van der Waals surface area contributed by atoms with Crippen LogP contribution in [0.25, 0.3) is 0 Å². The van der Waals surface area contributed by atoms with Gasteiger partial charge in [-0.25, -0.2) is 0 Å². The molecule has 18 heteroatoms. The maximum Gasteiger partial charge on any atom is 0.285 e. The number of hydrogen-bond donors (Lipinski definition) is 0.